The van der Waals surface area contributed by atoms with Crippen LogP contribution in [0.5, 0.6) is 0 Å². The molecule has 2 saturated heterocycles. The second-order valence-corrected chi connectivity index (χ2v) is 12.6. The molecule has 14 nitrogen and oxygen atoms in total. The molecule has 0 bridgehead atoms. The van der Waals surface area contributed by atoms with Crippen molar-refractivity contribution in [2.75, 3.05) is 26.2 Å². The summed E-state index contributed by atoms with van der Waals surface area (Å²) in [4.78, 5) is 82.2. The molecule has 0 unspecified atom stereocenters. The fourth-order valence-electron chi connectivity index (χ4n) is 6.62. The highest BCUT2D eigenvalue weighted by molar-refractivity contribution is 5.98. The minimum absolute atomic E-state index is 0.0204. The lowest BCUT2D eigenvalue weighted by molar-refractivity contribution is -0.142. The zero-order valence-corrected chi connectivity index (χ0v) is 27.4. The number of carbonyl (C=O) groups excluding carboxylic acids is 5. The van der Waals surface area contributed by atoms with Gasteiger partial charge in [-0.3, -0.25) is 24.0 Å². The van der Waals surface area contributed by atoms with Crippen molar-refractivity contribution in [3.05, 3.63) is 89.1 Å². The summed E-state index contributed by atoms with van der Waals surface area (Å²) < 4.78 is 0. The van der Waals surface area contributed by atoms with Crippen molar-refractivity contribution in [2.24, 2.45) is 0 Å². The number of aromatic nitrogens is 3. The van der Waals surface area contributed by atoms with E-state index < -0.39 is 60.3 Å². The van der Waals surface area contributed by atoms with Gasteiger partial charge >= 0.3 is 0 Å². The van der Waals surface area contributed by atoms with Crippen LogP contribution in [0.25, 0.3) is 10.9 Å². The van der Waals surface area contributed by atoms with Crippen LogP contribution in [0, 0.1) is 13.8 Å². The van der Waals surface area contributed by atoms with Gasteiger partial charge < -0.3 is 40.8 Å². The molecule has 0 radical (unpaired) electrons. The van der Waals surface area contributed by atoms with Gasteiger partial charge in [0.2, 0.25) is 23.6 Å². The summed E-state index contributed by atoms with van der Waals surface area (Å²) in [6.07, 6.45) is 0.998. The van der Waals surface area contributed by atoms with Gasteiger partial charge in [0.1, 0.15) is 29.6 Å². The van der Waals surface area contributed by atoms with Crippen LogP contribution in [-0.4, -0.2) is 110 Å². The number of rotatable bonds is 5. The molecule has 14 heteroatoms. The number of carbonyl (C=O) groups is 5. The van der Waals surface area contributed by atoms with Crippen molar-refractivity contribution in [3.8, 4) is 0 Å². The summed E-state index contributed by atoms with van der Waals surface area (Å²) in [6.45, 7) is 2.80. The lowest BCUT2D eigenvalue weighted by atomic mass is 10.0. The summed E-state index contributed by atoms with van der Waals surface area (Å²) in [6, 6.07) is 13.5. The van der Waals surface area contributed by atoms with E-state index >= 15 is 0 Å². The average Bonchev–Trinajstić information content (AvgIpc) is 3.78. The minimum atomic E-state index is -1.14. The highest BCUT2D eigenvalue weighted by Gasteiger charge is 2.43. The highest BCUT2D eigenvalue weighted by Crippen LogP contribution is 2.24. The highest BCUT2D eigenvalue weighted by atomic mass is 16.3. The Morgan fingerprint density at radius 3 is 2.45 bits per heavy atom. The number of aryl methyl sites for hydroxylation is 2. The summed E-state index contributed by atoms with van der Waals surface area (Å²) in [5.41, 5.74) is 3.09. The molecule has 2 aliphatic heterocycles. The van der Waals surface area contributed by atoms with Crippen molar-refractivity contribution in [1.29, 1.82) is 0 Å². The quantitative estimate of drug-likeness (QED) is 0.178. The average molecular weight is 669 g/mol. The molecule has 5 amide bonds. The first-order chi connectivity index (χ1) is 23.6. The Balaban J connectivity index is 1.35. The Morgan fingerprint density at radius 2 is 1.69 bits per heavy atom. The van der Waals surface area contributed by atoms with E-state index in [0.717, 1.165) is 22.0 Å². The zero-order valence-electron chi connectivity index (χ0n) is 27.4. The molecule has 0 spiro atoms. The molecule has 2 aromatic carbocycles. The second-order valence-electron chi connectivity index (χ2n) is 12.6. The van der Waals surface area contributed by atoms with Crippen LogP contribution in [0.4, 0.5) is 0 Å². The number of imidazole rings is 1. The van der Waals surface area contributed by atoms with Crippen LogP contribution in [0.3, 0.4) is 0 Å². The molecular weight excluding hydrogens is 628 g/mol. The van der Waals surface area contributed by atoms with Gasteiger partial charge in [0.25, 0.3) is 5.91 Å². The van der Waals surface area contributed by atoms with Crippen molar-refractivity contribution in [3.63, 3.8) is 0 Å². The van der Waals surface area contributed by atoms with Crippen LogP contribution in [0.15, 0.2) is 60.8 Å². The van der Waals surface area contributed by atoms with Crippen LogP contribution in [-0.2, 0) is 32.0 Å². The maximum atomic E-state index is 14.3. The predicted molar refractivity (Wildman–Crippen MR) is 179 cm³/mol. The molecule has 4 heterocycles. The molecule has 2 fully saturated rings. The summed E-state index contributed by atoms with van der Waals surface area (Å²) >= 11 is 0. The fourth-order valence-corrected chi connectivity index (χ4v) is 6.62. The number of H-pyrrole nitrogens is 2. The maximum absolute atomic E-state index is 14.3. The minimum Gasteiger partial charge on any atom is -0.391 e. The van der Waals surface area contributed by atoms with Gasteiger partial charge in [-0.05, 0) is 31.0 Å². The number of benzene rings is 2. The van der Waals surface area contributed by atoms with Gasteiger partial charge in [-0.15, -0.1) is 0 Å². The Kier molecular flexibility index (Phi) is 9.76. The second kappa shape index (κ2) is 14.3. The van der Waals surface area contributed by atoms with Crippen LogP contribution < -0.4 is 16.0 Å². The molecular formula is C35H40N8O6. The fraction of sp³-hybridized carbons (Fsp3) is 0.371. The van der Waals surface area contributed by atoms with Gasteiger partial charge in [0.15, 0.2) is 0 Å². The molecule has 4 aromatic rings. The Bertz CT molecular complexity index is 1870. The number of fused-ring (bicyclic) bond motifs is 2. The van der Waals surface area contributed by atoms with Gasteiger partial charge in [0, 0.05) is 61.7 Å². The molecule has 49 heavy (non-hydrogen) atoms. The Morgan fingerprint density at radius 1 is 0.939 bits per heavy atom. The van der Waals surface area contributed by atoms with E-state index in [1.807, 2.05) is 54.6 Å². The van der Waals surface area contributed by atoms with Crippen LogP contribution >= 0.6 is 0 Å². The number of aliphatic hydroxyl groups excluding tert-OH is 1. The Hall–Kier alpha value is -5.50. The summed E-state index contributed by atoms with van der Waals surface area (Å²) in [5, 5.41) is 20.0. The molecule has 6 N–H and O–H groups in total. The van der Waals surface area contributed by atoms with Crippen molar-refractivity contribution < 1.29 is 29.1 Å². The molecule has 4 atom stereocenters. The standard InChI is InChI=1S/C35H40N8O6/c1-20-31(39-21(2)38-20)35(49)42-13-12-36-32(46)27(14-22-8-4-3-5-9-22)41-33(47)29-16-24(44)18-43(29)34(48)28(40-30(45)19-42)15-23-17-37-26-11-7-6-10-25(23)26/h3-11,17,24,27-29,37,44H,12-16,18-19H2,1-2H3,(H,36,46)(H,38,39)(H,40,45)(H,41,47)/t24-,27+,28-,29+/m1/s1. The summed E-state index contributed by atoms with van der Waals surface area (Å²) in [7, 11) is 0. The van der Waals surface area contributed by atoms with Gasteiger partial charge in [-0.1, -0.05) is 48.5 Å². The van der Waals surface area contributed by atoms with Gasteiger partial charge in [-0.25, -0.2) is 4.98 Å². The topological polar surface area (TPSA) is 193 Å². The summed E-state index contributed by atoms with van der Waals surface area (Å²) in [5.74, 6) is -2.25. The number of aromatic amines is 2. The van der Waals surface area contributed by atoms with E-state index in [0.29, 0.717) is 11.5 Å². The first-order valence-corrected chi connectivity index (χ1v) is 16.3. The van der Waals surface area contributed by atoms with Crippen LogP contribution in [0.2, 0.25) is 0 Å². The lowest BCUT2D eigenvalue weighted by Gasteiger charge is -2.30. The van der Waals surface area contributed by atoms with E-state index in [9.17, 15) is 29.1 Å². The van der Waals surface area contributed by atoms with E-state index in [4.69, 9.17) is 0 Å². The molecule has 2 aliphatic rings. The molecule has 2 aromatic heterocycles. The first-order valence-electron chi connectivity index (χ1n) is 16.3. The SMILES string of the molecule is Cc1nc(C(=O)N2CCNC(=O)[C@H](Cc3ccccc3)NC(=O)[C@@H]3C[C@@H](O)CN3C(=O)[C@@H](Cc3c[nH]c4ccccc34)NC(=O)C2)c(C)[nH]1. The third-order valence-corrected chi connectivity index (χ3v) is 9.02. The largest absolute Gasteiger partial charge is 0.391 e. The number of hydrogen-bond donors (Lipinski definition) is 6. The number of nitrogens with one attached hydrogen (secondary N) is 5. The number of hydrogen-bond acceptors (Lipinski definition) is 7. The lowest BCUT2D eigenvalue weighted by Crippen LogP contribution is -2.57. The number of aliphatic hydroxyl groups is 1. The van der Waals surface area contributed by atoms with Crippen LogP contribution in [0.1, 0.15) is 39.6 Å². The first kappa shape index (κ1) is 33.4. The van der Waals surface area contributed by atoms with Crippen molar-refractivity contribution in [2.45, 2.75) is 57.3 Å². The third kappa shape index (κ3) is 7.49. The maximum Gasteiger partial charge on any atom is 0.274 e. The van der Waals surface area contributed by atoms with Crippen molar-refractivity contribution >= 4 is 40.4 Å². The molecule has 0 aliphatic carbocycles. The number of para-hydroxylation sites is 1. The number of nitrogens with zero attached hydrogens (tertiary/aromatic N) is 3. The van der Waals surface area contributed by atoms with E-state index in [1.54, 1.807) is 20.0 Å². The smallest absolute Gasteiger partial charge is 0.274 e. The van der Waals surface area contributed by atoms with Gasteiger partial charge in [-0.2, -0.15) is 0 Å². The normalized spacial score (nSPS) is 22.6. The van der Waals surface area contributed by atoms with E-state index in [1.165, 1.54) is 9.80 Å². The monoisotopic (exact) mass is 668 g/mol. The third-order valence-electron chi connectivity index (χ3n) is 9.02. The van der Waals surface area contributed by atoms with Crippen molar-refractivity contribution in [1.82, 2.24) is 40.7 Å². The Labute approximate surface area is 282 Å². The number of amides is 5. The molecule has 256 valence electrons. The predicted octanol–water partition coefficient (Wildman–Crippen LogP) is 0.497. The van der Waals surface area contributed by atoms with Gasteiger partial charge in [0.05, 0.1) is 12.6 Å². The van der Waals surface area contributed by atoms with E-state index in [-0.39, 0.29) is 44.6 Å². The van der Waals surface area contributed by atoms with E-state index in [2.05, 4.69) is 30.9 Å². The molecule has 0 saturated carbocycles. The zero-order chi connectivity index (χ0) is 34.7. The molecule has 6 rings (SSSR count).